The zero-order valence-electron chi connectivity index (χ0n) is 17.0. The Hall–Kier alpha value is -3.69. The molecule has 0 aliphatic carbocycles. The van der Waals surface area contributed by atoms with Gasteiger partial charge in [-0.15, -0.1) is 0 Å². The van der Waals surface area contributed by atoms with E-state index in [0.29, 0.717) is 28.6 Å². The molecule has 0 saturated carbocycles. The number of carbonyl (C=O) groups excluding carboxylic acids is 1. The summed E-state index contributed by atoms with van der Waals surface area (Å²) in [6.07, 6.45) is -2.97. The van der Waals surface area contributed by atoms with Crippen LogP contribution >= 0.6 is 0 Å². The second-order valence-corrected chi connectivity index (χ2v) is 6.40. The highest BCUT2D eigenvalue weighted by Gasteiger charge is 2.30. The molecule has 0 bridgehead atoms. The van der Waals surface area contributed by atoms with Crippen LogP contribution in [0.5, 0.6) is 17.2 Å². The first-order valence-corrected chi connectivity index (χ1v) is 9.06. The van der Waals surface area contributed by atoms with E-state index in [0.717, 1.165) is 24.3 Å². The van der Waals surface area contributed by atoms with Crippen LogP contribution in [0.25, 0.3) is 0 Å². The summed E-state index contributed by atoms with van der Waals surface area (Å²) in [6.45, 7) is 0.235. The molecule has 0 fully saturated rings. The Morgan fingerprint density at radius 1 is 0.968 bits per heavy atom. The van der Waals surface area contributed by atoms with E-state index in [9.17, 15) is 18.0 Å². The number of aromatic nitrogens is 2. The van der Waals surface area contributed by atoms with Gasteiger partial charge in [-0.05, 0) is 36.4 Å². The van der Waals surface area contributed by atoms with Crippen LogP contribution in [-0.4, -0.2) is 37.0 Å². The number of carbonyl (C=O) groups is 1. The standard InChI is InChI=1S/C21H20F3N3O4/c1-29-16-9-6-14(18(30-2)19(16)31-3)12-27-17(10-11-25-27)26-20(28)13-4-7-15(8-5-13)21(22,23)24/h4-11H,12H2,1-3H3,(H,26,28). The molecule has 0 saturated heterocycles. The van der Waals surface area contributed by atoms with Crippen molar-refractivity contribution in [2.75, 3.05) is 26.6 Å². The SMILES string of the molecule is COc1ccc(Cn2nccc2NC(=O)c2ccc(C(F)(F)F)cc2)c(OC)c1OC. The van der Waals surface area contributed by atoms with Crippen molar-refractivity contribution in [3.8, 4) is 17.2 Å². The Morgan fingerprint density at radius 3 is 2.23 bits per heavy atom. The van der Waals surface area contributed by atoms with Crippen molar-refractivity contribution in [2.45, 2.75) is 12.7 Å². The average molecular weight is 435 g/mol. The maximum absolute atomic E-state index is 12.7. The summed E-state index contributed by atoms with van der Waals surface area (Å²) in [6, 6.07) is 9.05. The molecule has 7 nitrogen and oxygen atoms in total. The summed E-state index contributed by atoms with van der Waals surface area (Å²) in [5.74, 6) is 1.18. The lowest BCUT2D eigenvalue weighted by Crippen LogP contribution is -2.17. The molecule has 0 aliphatic heterocycles. The number of nitrogens with one attached hydrogen (secondary N) is 1. The van der Waals surface area contributed by atoms with Gasteiger partial charge in [0.25, 0.3) is 5.91 Å². The zero-order valence-corrected chi connectivity index (χ0v) is 17.0. The van der Waals surface area contributed by atoms with Gasteiger partial charge in [0.2, 0.25) is 5.75 Å². The highest BCUT2D eigenvalue weighted by Crippen LogP contribution is 2.40. The van der Waals surface area contributed by atoms with Gasteiger partial charge in [-0.1, -0.05) is 0 Å². The molecule has 1 aromatic heterocycles. The first-order chi connectivity index (χ1) is 14.8. The predicted molar refractivity (Wildman–Crippen MR) is 107 cm³/mol. The maximum atomic E-state index is 12.7. The minimum Gasteiger partial charge on any atom is -0.493 e. The lowest BCUT2D eigenvalue weighted by molar-refractivity contribution is -0.137. The number of hydrogen-bond donors (Lipinski definition) is 1. The number of nitrogens with zero attached hydrogens (tertiary/aromatic N) is 2. The number of anilines is 1. The van der Waals surface area contributed by atoms with Gasteiger partial charge in [-0.25, -0.2) is 4.68 Å². The molecular weight excluding hydrogens is 415 g/mol. The van der Waals surface area contributed by atoms with E-state index in [1.54, 1.807) is 18.2 Å². The number of alkyl halides is 3. The molecule has 0 atom stereocenters. The molecule has 3 aromatic rings. The average Bonchev–Trinajstić information content (AvgIpc) is 3.19. The van der Waals surface area contributed by atoms with E-state index in [1.165, 1.54) is 32.2 Å². The van der Waals surface area contributed by atoms with Gasteiger partial charge in [0.15, 0.2) is 11.5 Å². The first kappa shape index (κ1) is 22.0. The minimum absolute atomic E-state index is 0.0875. The fourth-order valence-electron chi connectivity index (χ4n) is 3.01. The van der Waals surface area contributed by atoms with Gasteiger partial charge in [-0.2, -0.15) is 18.3 Å². The van der Waals surface area contributed by atoms with Crippen LogP contribution < -0.4 is 19.5 Å². The van der Waals surface area contributed by atoms with E-state index in [-0.39, 0.29) is 12.1 Å². The molecule has 0 radical (unpaired) electrons. The van der Waals surface area contributed by atoms with Gasteiger partial charge in [0.1, 0.15) is 5.82 Å². The topological polar surface area (TPSA) is 74.6 Å². The van der Waals surface area contributed by atoms with Crippen LogP contribution in [0.2, 0.25) is 0 Å². The van der Waals surface area contributed by atoms with E-state index >= 15 is 0 Å². The number of benzene rings is 2. The summed E-state index contributed by atoms with van der Waals surface area (Å²) in [5.41, 5.74) is -0.0204. The van der Waals surface area contributed by atoms with Gasteiger partial charge >= 0.3 is 6.18 Å². The van der Waals surface area contributed by atoms with E-state index in [2.05, 4.69) is 10.4 Å². The third-order valence-corrected chi connectivity index (χ3v) is 4.54. The molecular formula is C21H20F3N3O4. The monoisotopic (exact) mass is 435 g/mol. The second kappa shape index (κ2) is 8.99. The molecule has 1 amide bonds. The Bertz CT molecular complexity index is 1060. The number of rotatable bonds is 7. The van der Waals surface area contributed by atoms with Crippen molar-refractivity contribution in [1.29, 1.82) is 0 Å². The predicted octanol–water partition coefficient (Wildman–Crippen LogP) is 4.23. The maximum Gasteiger partial charge on any atom is 0.416 e. The number of amides is 1. The van der Waals surface area contributed by atoms with Crippen molar-refractivity contribution in [1.82, 2.24) is 9.78 Å². The Balaban J connectivity index is 1.81. The minimum atomic E-state index is -4.47. The Labute approximate surface area is 176 Å². The van der Waals surface area contributed by atoms with Crippen LogP contribution in [0.1, 0.15) is 21.5 Å². The van der Waals surface area contributed by atoms with Crippen LogP contribution in [-0.2, 0) is 12.7 Å². The normalized spacial score (nSPS) is 11.2. The molecule has 1 heterocycles. The van der Waals surface area contributed by atoms with Crippen molar-refractivity contribution in [3.63, 3.8) is 0 Å². The van der Waals surface area contributed by atoms with E-state index < -0.39 is 17.6 Å². The lowest BCUT2D eigenvalue weighted by Gasteiger charge is -2.16. The fourth-order valence-corrected chi connectivity index (χ4v) is 3.01. The summed E-state index contributed by atoms with van der Waals surface area (Å²) >= 11 is 0. The molecule has 0 unspecified atom stereocenters. The number of hydrogen-bond acceptors (Lipinski definition) is 5. The third kappa shape index (κ3) is 4.73. The van der Waals surface area contributed by atoms with Crippen molar-refractivity contribution >= 4 is 11.7 Å². The smallest absolute Gasteiger partial charge is 0.416 e. The zero-order chi connectivity index (χ0) is 22.6. The van der Waals surface area contributed by atoms with Crippen LogP contribution in [0.3, 0.4) is 0 Å². The highest BCUT2D eigenvalue weighted by atomic mass is 19.4. The summed E-state index contributed by atoms with van der Waals surface area (Å²) in [7, 11) is 4.50. The van der Waals surface area contributed by atoms with Crippen LogP contribution in [0, 0.1) is 0 Å². The first-order valence-electron chi connectivity index (χ1n) is 9.06. The van der Waals surface area contributed by atoms with E-state index in [4.69, 9.17) is 14.2 Å². The van der Waals surface area contributed by atoms with Gasteiger partial charge in [0, 0.05) is 17.2 Å². The fraction of sp³-hybridized carbons (Fsp3) is 0.238. The van der Waals surface area contributed by atoms with Crippen molar-refractivity contribution in [3.05, 3.63) is 65.4 Å². The van der Waals surface area contributed by atoms with E-state index in [1.807, 2.05) is 0 Å². The van der Waals surface area contributed by atoms with Crippen LogP contribution in [0.15, 0.2) is 48.7 Å². The quantitative estimate of drug-likeness (QED) is 0.601. The van der Waals surface area contributed by atoms with Crippen LogP contribution in [0.4, 0.5) is 19.0 Å². The van der Waals surface area contributed by atoms with Gasteiger partial charge < -0.3 is 19.5 Å². The summed E-state index contributed by atoms with van der Waals surface area (Å²) < 4.78 is 55.8. The molecule has 3 rings (SSSR count). The molecule has 164 valence electrons. The molecule has 10 heteroatoms. The second-order valence-electron chi connectivity index (χ2n) is 6.40. The lowest BCUT2D eigenvalue weighted by atomic mass is 10.1. The highest BCUT2D eigenvalue weighted by molar-refractivity contribution is 6.03. The van der Waals surface area contributed by atoms with Gasteiger partial charge in [0.05, 0.1) is 39.6 Å². The Kier molecular flexibility index (Phi) is 6.38. The molecule has 2 aromatic carbocycles. The summed E-state index contributed by atoms with van der Waals surface area (Å²) in [5, 5.41) is 6.86. The molecule has 1 N–H and O–H groups in total. The van der Waals surface area contributed by atoms with Crippen molar-refractivity contribution < 1.29 is 32.2 Å². The molecule has 31 heavy (non-hydrogen) atoms. The largest absolute Gasteiger partial charge is 0.493 e. The Morgan fingerprint density at radius 2 is 1.65 bits per heavy atom. The third-order valence-electron chi connectivity index (χ3n) is 4.54. The van der Waals surface area contributed by atoms with Gasteiger partial charge in [-0.3, -0.25) is 4.79 Å². The number of methoxy groups -OCH3 is 3. The molecule has 0 aliphatic rings. The number of ether oxygens (including phenoxy) is 3. The van der Waals surface area contributed by atoms with Crippen molar-refractivity contribution in [2.24, 2.45) is 0 Å². The summed E-state index contributed by atoms with van der Waals surface area (Å²) in [4.78, 5) is 12.5. The number of halogens is 3. The molecule has 0 spiro atoms.